The largest absolute Gasteiger partial charge is 0.506 e. The number of thioether (sulfide) groups is 1. The summed E-state index contributed by atoms with van der Waals surface area (Å²) < 4.78 is 17.9. The van der Waals surface area contributed by atoms with Gasteiger partial charge in [-0.2, -0.15) is 0 Å². The van der Waals surface area contributed by atoms with E-state index in [0.717, 1.165) is 27.4 Å². The molecule has 0 spiro atoms. The smallest absolute Gasteiger partial charge is 0.344 e. The van der Waals surface area contributed by atoms with Crippen molar-refractivity contribution in [3.63, 3.8) is 0 Å². The first-order valence-corrected chi connectivity index (χ1v) is 14.2. The van der Waals surface area contributed by atoms with Crippen LogP contribution >= 0.6 is 27.7 Å². The number of aliphatic hydroxyl groups is 1. The highest BCUT2D eigenvalue weighted by molar-refractivity contribution is 9.10. The summed E-state index contributed by atoms with van der Waals surface area (Å²) in [6, 6.07) is 20.2. The Morgan fingerprint density at radius 3 is 2.35 bits per heavy atom. The van der Waals surface area contributed by atoms with Gasteiger partial charge in [-0.05, 0) is 74.4 Å². The highest BCUT2D eigenvalue weighted by Crippen LogP contribution is 2.40. The van der Waals surface area contributed by atoms with Gasteiger partial charge in [0.25, 0.3) is 5.91 Å². The van der Waals surface area contributed by atoms with Crippen molar-refractivity contribution < 1.29 is 28.9 Å². The molecule has 1 aliphatic heterocycles. The third-order valence-corrected chi connectivity index (χ3v) is 7.29. The molecule has 1 N–H and O–H groups in total. The number of rotatable bonds is 9. The van der Waals surface area contributed by atoms with Gasteiger partial charge in [-0.15, -0.1) is 0 Å². The Balaban J connectivity index is 1.62. The van der Waals surface area contributed by atoms with Crippen LogP contribution in [0.5, 0.6) is 11.5 Å². The quantitative estimate of drug-likeness (QED) is 0.248. The topological polar surface area (TPSA) is 94.4 Å². The highest BCUT2D eigenvalue weighted by Gasteiger charge is 2.34. The molecule has 40 heavy (non-hydrogen) atoms. The van der Waals surface area contributed by atoms with E-state index in [1.165, 1.54) is 0 Å². The number of nitrogens with zero attached hydrogens (tertiary/aromatic N) is 1. The van der Waals surface area contributed by atoms with E-state index in [1.54, 1.807) is 37.3 Å². The Bertz CT molecular complexity index is 1490. The number of ether oxygens (including phenoxy) is 3. The standard InChI is InChI=1S/C31H28BrNO6S/c1-4-37-25-16-21(10-15-24(25)39-18-20-8-13-23(32)14-9-20)17-26-28(34)27(31(36)38-5-2)30(40-26)33-29(35)22-11-6-19(3)7-12-22/h6-17,34H,4-5,18H2,1-3H3/b26-17-,33-30?. The number of aliphatic hydroxyl groups excluding tert-OH is 1. The fourth-order valence-corrected chi connectivity index (χ4v) is 5.02. The van der Waals surface area contributed by atoms with Gasteiger partial charge in [-0.25, -0.2) is 9.79 Å². The third kappa shape index (κ3) is 7.22. The maximum Gasteiger partial charge on any atom is 0.344 e. The Kier molecular flexibility index (Phi) is 9.84. The van der Waals surface area contributed by atoms with E-state index >= 15 is 0 Å². The van der Waals surface area contributed by atoms with Gasteiger partial charge >= 0.3 is 5.97 Å². The summed E-state index contributed by atoms with van der Waals surface area (Å²) in [5, 5.41) is 11.1. The van der Waals surface area contributed by atoms with E-state index in [0.29, 0.717) is 40.7 Å². The third-order valence-electron chi connectivity index (χ3n) is 5.74. The van der Waals surface area contributed by atoms with E-state index in [9.17, 15) is 14.7 Å². The molecule has 0 fully saturated rings. The molecule has 0 aromatic heterocycles. The number of hydrogen-bond donors (Lipinski definition) is 1. The first-order chi connectivity index (χ1) is 19.3. The molecule has 0 aliphatic carbocycles. The number of amides is 1. The number of hydrogen-bond acceptors (Lipinski definition) is 7. The number of halogens is 1. The first kappa shape index (κ1) is 29.2. The first-order valence-electron chi connectivity index (χ1n) is 12.6. The zero-order chi connectivity index (χ0) is 28.6. The lowest BCUT2D eigenvalue weighted by Crippen LogP contribution is -2.14. The van der Waals surface area contributed by atoms with Gasteiger partial charge in [-0.3, -0.25) is 4.79 Å². The van der Waals surface area contributed by atoms with Gasteiger partial charge in [0, 0.05) is 10.0 Å². The van der Waals surface area contributed by atoms with Gasteiger partial charge in [0.15, 0.2) is 11.5 Å². The number of aryl methyl sites for hydroxylation is 1. The zero-order valence-corrected chi connectivity index (χ0v) is 24.7. The summed E-state index contributed by atoms with van der Waals surface area (Å²) in [5.74, 6) is -0.465. The van der Waals surface area contributed by atoms with Crippen LogP contribution in [0.25, 0.3) is 6.08 Å². The number of carbonyl (C=O) groups is 2. The number of esters is 1. The van der Waals surface area contributed by atoms with Crippen molar-refractivity contribution in [2.75, 3.05) is 13.2 Å². The Labute approximate surface area is 245 Å². The molecular formula is C31H28BrNO6S. The van der Waals surface area contributed by atoms with Crippen molar-refractivity contribution in [1.29, 1.82) is 0 Å². The number of aliphatic imine (C=N–C) groups is 1. The van der Waals surface area contributed by atoms with Crippen LogP contribution in [0.4, 0.5) is 0 Å². The molecule has 0 saturated heterocycles. The lowest BCUT2D eigenvalue weighted by atomic mass is 10.1. The number of carbonyl (C=O) groups excluding carboxylic acids is 2. The van der Waals surface area contributed by atoms with Crippen LogP contribution < -0.4 is 9.47 Å². The normalized spacial score (nSPS) is 15.0. The van der Waals surface area contributed by atoms with Crippen molar-refractivity contribution >= 4 is 50.7 Å². The molecule has 0 saturated carbocycles. The van der Waals surface area contributed by atoms with E-state index in [2.05, 4.69) is 20.9 Å². The van der Waals surface area contributed by atoms with Crippen molar-refractivity contribution in [3.05, 3.63) is 110 Å². The van der Waals surface area contributed by atoms with E-state index in [-0.39, 0.29) is 23.0 Å². The zero-order valence-electron chi connectivity index (χ0n) is 22.3. The lowest BCUT2D eigenvalue weighted by molar-refractivity contribution is -0.138. The maximum atomic E-state index is 12.8. The molecule has 9 heteroatoms. The highest BCUT2D eigenvalue weighted by atomic mass is 79.9. The van der Waals surface area contributed by atoms with Crippen LogP contribution in [0.2, 0.25) is 0 Å². The molecule has 3 aromatic rings. The average molecular weight is 623 g/mol. The summed E-state index contributed by atoms with van der Waals surface area (Å²) in [6.07, 6.45) is 1.69. The van der Waals surface area contributed by atoms with Crippen LogP contribution in [0.15, 0.2) is 92.4 Å². The molecule has 0 bridgehead atoms. The molecule has 7 nitrogen and oxygen atoms in total. The predicted molar refractivity (Wildman–Crippen MR) is 161 cm³/mol. The SMILES string of the molecule is CCOC(=O)C1=C(O)/C(=C/c2ccc(OCc3ccc(Br)cc3)c(OCC)c2)SC1=NC(=O)c1ccc(C)cc1. The second-order valence-electron chi connectivity index (χ2n) is 8.70. The van der Waals surface area contributed by atoms with E-state index in [4.69, 9.17) is 14.2 Å². The van der Waals surface area contributed by atoms with Crippen LogP contribution in [0.3, 0.4) is 0 Å². The Hall–Kier alpha value is -3.82. The summed E-state index contributed by atoms with van der Waals surface area (Å²) in [5.41, 5.74) is 2.94. The summed E-state index contributed by atoms with van der Waals surface area (Å²) in [4.78, 5) is 30.0. The fraction of sp³-hybridized carbons (Fsp3) is 0.194. The minimum atomic E-state index is -0.752. The molecule has 1 amide bonds. The van der Waals surface area contributed by atoms with Crippen LogP contribution in [-0.2, 0) is 16.1 Å². The summed E-state index contributed by atoms with van der Waals surface area (Å²) in [6.45, 7) is 6.37. The van der Waals surface area contributed by atoms with Gasteiger partial charge < -0.3 is 19.3 Å². The summed E-state index contributed by atoms with van der Waals surface area (Å²) >= 11 is 4.45. The lowest BCUT2D eigenvalue weighted by Gasteiger charge is -2.13. The Morgan fingerprint density at radius 2 is 1.68 bits per heavy atom. The van der Waals surface area contributed by atoms with Crippen molar-refractivity contribution in [3.8, 4) is 11.5 Å². The number of benzene rings is 3. The average Bonchev–Trinajstić information content (AvgIpc) is 3.23. The second kappa shape index (κ2) is 13.5. The molecular weight excluding hydrogens is 594 g/mol. The molecule has 4 rings (SSSR count). The molecule has 1 heterocycles. The predicted octanol–water partition coefficient (Wildman–Crippen LogP) is 7.44. The molecule has 1 aliphatic rings. The van der Waals surface area contributed by atoms with Gasteiger partial charge in [-0.1, -0.05) is 63.6 Å². The molecule has 206 valence electrons. The minimum absolute atomic E-state index is 0.0762. The monoisotopic (exact) mass is 621 g/mol. The van der Waals surface area contributed by atoms with E-state index < -0.39 is 11.9 Å². The van der Waals surface area contributed by atoms with Gasteiger partial charge in [0.05, 0.1) is 18.1 Å². The second-order valence-corrected chi connectivity index (χ2v) is 10.6. The van der Waals surface area contributed by atoms with E-state index in [1.807, 2.05) is 56.3 Å². The minimum Gasteiger partial charge on any atom is -0.506 e. The fourth-order valence-electron chi connectivity index (χ4n) is 3.74. The van der Waals surface area contributed by atoms with Gasteiger partial charge in [0.2, 0.25) is 0 Å². The molecule has 0 atom stereocenters. The maximum absolute atomic E-state index is 12.8. The van der Waals surface area contributed by atoms with Crippen LogP contribution in [-0.4, -0.2) is 35.2 Å². The van der Waals surface area contributed by atoms with Gasteiger partial charge in [0.1, 0.15) is 23.0 Å². The van der Waals surface area contributed by atoms with Crippen molar-refractivity contribution in [2.24, 2.45) is 4.99 Å². The van der Waals surface area contributed by atoms with Crippen molar-refractivity contribution in [2.45, 2.75) is 27.4 Å². The molecule has 0 radical (unpaired) electrons. The van der Waals surface area contributed by atoms with Crippen LogP contribution in [0, 0.1) is 6.92 Å². The molecule has 3 aromatic carbocycles. The summed E-state index contributed by atoms with van der Waals surface area (Å²) in [7, 11) is 0. The van der Waals surface area contributed by atoms with Crippen molar-refractivity contribution in [1.82, 2.24) is 0 Å². The van der Waals surface area contributed by atoms with Crippen LogP contribution in [0.1, 0.15) is 40.9 Å². The Morgan fingerprint density at radius 1 is 0.950 bits per heavy atom. The molecule has 0 unspecified atom stereocenters.